The Morgan fingerprint density at radius 2 is 1.70 bits per heavy atom. The Kier molecular flexibility index (Phi) is 8.02. The molecule has 0 aromatic heterocycles. The summed E-state index contributed by atoms with van der Waals surface area (Å²) in [6.45, 7) is 8.18. The first-order chi connectivity index (χ1) is 17.5. The standard InChI is InChI=1S/C30H32F4N2O/c1-20(2)36(29(37)23-10-12-27(31)13-11-23)18-25-17-35(16-22-7-4-6-21(3)14-22)19-28(25)24-8-5-9-26(15-24)30(32,33)34/h4-15,20,25,28H,16-19H2,1-3H3/t25-,28+/m1/s1. The zero-order valence-corrected chi connectivity index (χ0v) is 21.3. The molecule has 196 valence electrons. The summed E-state index contributed by atoms with van der Waals surface area (Å²) in [5, 5.41) is 0. The van der Waals surface area contributed by atoms with Crippen molar-refractivity contribution in [2.75, 3.05) is 19.6 Å². The maximum Gasteiger partial charge on any atom is 0.416 e. The second-order valence-electron chi connectivity index (χ2n) is 10.2. The van der Waals surface area contributed by atoms with Crippen molar-refractivity contribution in [2.45, 2.75) is 45.5 Å². The van der Waals surface area contributed by atoms with Crippen LogP contribution < -0.4 is 0 Å². The fraction of sp³-hybridized carbons (Fsp3) is 0.367. The molecule has 0 unspecified atom stereocenters. The predicted molar refractivity (Wildman–Crippen MR) is 137 cm³/mol. The van der Waals surface area contributed by atoms with E-state index in [1.807, 2.05) is 32.9 Å². The quantitative estimate of drug-likeness (QED) is 0.321. The molecule has 37 heavy (non-hydrogen) atoms. The lowest BCUT2D eigenvalue weighted by Gasteiger charge is -2.32. The zero-order chi connectivity index (χ0) is 26.7. The number of rotatable bonds is 7. The van der Waals surface area contributed by atoms with E-state index < -0.39 is 17.6 Å². The summed E-state index contributed by atoms with van der Waals surface area (Å²) in [7, 11) is 0. The fourth-order valence-corrected chi connectivity index (χ4v) is 5.21. The number of aryl methyl sites for hydroxylation is 1. The largest absolute Gasteiger partial charge is 0.416 e. The van der Waals surface area contributed by atoms with Gasteiger partial charge in [-0.2, -0.15) is 13.2 Å². The van der Waals surface area contributed by atoms with E-state index in [-0.39, 0.29) is 23.8 Å². The van der Waals surface area contributed by atoms with Gasteiger partial charge in [0, 0.05) is 43.7 Å². The molecule has 1 heterocycles. The van der Waals surface area contributed by atoms with Gasteiger partial charge in [-0.3, -0.25) is 9.69 Å². The van der Waals surface area contributed by atoms with E-state index in [1.165, 1.54) is 36.4 Å². The lowest BCUT2D eigenvalue weighted by Crippen LogP contribution is -2.42. The van der Waals surface area contributed by atoms with Crippen LogP contribution >= 0.6 is 0 Å². The summed E-state index contributed by atoms with van der Waals surface area (Å²) in [5.41, 5.74) is 2.65. The van der Waals surface area contributed by atoms with Crippen LogP contribution in [0.2, 0.25) is 0 Å². The first-order valence-corrected chi connectivity index (χ1v) is 12.5. The van der Waals surface area contributed by atoms with E-state index in [9.17, 15) is 22.4 Å². The minimum absolute atomic E-state index is 0.0694. The Bertz CT molecular complexity index is 1220. The molecular formula is C30H32F4N2O. The number of halogens is 4. The summed E-state index contributed by atoms with van der Waals surface area (Å²) in [4.78, 5) is 17.4. The van der Waals surface area contributed by atoms with Crippen molar-refractivity contribution in [1.29, 1.82) is 0 Å². The fourth-order valence-electron chi connectivity index (χ4n) is 5.21. The van der Waals surface area contributed by atoms with Crippen molar-refractivity contribution >= 4 is 5.91 Å². The van der Waals surface area contributed by atoms with E-state index in [0.29, 0.717) is 37.3 Å². The average molecular weight is 513 g/mol. The van der Waals surface area contributed by atoms with Crippen LogP contribution in [0.3, 0.4) is 0 Å². The van der Waals surface area contributed by atoms with Gasteiger partial charge < -0.3 is 4.90 Å². The van der Waals surface area contributed by atoms with Crippen molar-refractivity contribution in [2.24, 2.45) is 5.92 Å². The summed E-state index contributed by atoms with van der Waals surface area (Å²) in [5.74, 6) is -0.871. The highest BCUT2D eigenvalue weighted by Crippen LogP contribution is 2.38. The summed E-state index contributed by atoms with van der Waals surface area (Å²) in [6, 6.07) is 19.1. The number of hydrogen-bond donors (Lipinski definition) is 0. The summed E-state index contributed by atoms with van der Waals surface area (Å²) < 4.78 is 53.9. The van der Waals surface area contributed by atoms with E-state index in [2.05, 4.69) is 17.0 Å². The number of hydrogen-bond acceptors (Lipinski definition) is 2. The third kappa shape index (κ3) is 6.58. The highest BCUT2D eigenvalue weighted by atomic mass is 19.4. The Morgan fingerprint density at radius 3 is 2.35 bits per heavy atom. The molecule has 2 atom stereocenters. The lowest BCUT2D eigenvalue weighted by molar-refractivity contribution is -0.137. The highest BCUT2D eigenvalue weighted by Gasteiger charge is 2.38. The van der Waals surface area contributed by atoms with Crippen molar-refractivity contribution in [1.82, 2.24) is 9.80 Å². The Labute approximate surface area is 215 Å². The molecule has 1 aliphatic heterocycles. The van der Waals surface area contributed by atoms with Crippen molar-refractivity contribution in [3.63, 3.8) is 0 Å². The first-order valence-electron chi connectivity index (χ1n) is 12.5. The molecule has 0 spiro atoms. The monoisotopic (exact) mass is 512 g/mol. The maximum atomic E-state index is 13.5. The number of amides is 1. The van der Waals surface area contributed by atoms with E-state index in [0.717, 1.165) is 17.2 Å². The van der Waals surface area contributed by atoms with Crippen molar-refractivity contribution in [3.8, 4) is 0 Å². The van der Waals surface area contributed by atoms with E-state index in [4.69, 9.17) is 0 Å². The molecule has 0 radical (unpaired) electrons. The molecule has 0 bridgehead atoms. The molecule has 4 rings (SSSR count). The van der Waals surface area contributed by atoms with Gasteiger partial charge in [0.15, 0.2) is 0 Å². The third-order valence-corrected chi connectivity index (χ3v) is 7.05. The Morgan fingerprint density at radius 1 is 1.00 bits per heavy atom. The molecule has 3 aromatic rings. The molecule has 1 fully saturated rings. The molecule has 3 aromatic carbocycles. The highest BCUT2D eigenvalue weighted by molar-refractivity contribution is 5.94. The van der Waals surface area contributed by atoms with Crippen LogP contribution in [0.4, 0.5) is 17.6 Å². The van der Waals surface area contributed by atoms with Crippen LogP contribution in [0, 0.1) is 18.7 Å². The van der Waals surface area contributed by atoms with Crippen molar-refractivity contribution in [3.05, 3.63) is 106 Å². The van der Waals surface area contributed by atoms with Crippen LogP contribution in [0.1, 0.15) is 52.4 Å². The second kappa shape index (κ2) is 11.1. The van der Waals surface area contributed by atoms with Gasteiger partial charge in [0.2, 0.25) is 0 Å². The van der Waals surface area contributed by atoms with Gasteiger partial charge in [-0.25, -0.2) is 4.39 Å². The van der Waals surface area contributed by atoms with Crippen molar-refractivity contribution < 1.29 is 22.4 Å². The minimum Gasteiger partial charge on any atom is -0.336 e. The van der Waals surface area contributed by atoms with E-state index in [1.54, 1.807) is 11.0 Å². The summed E-state index contributed by atoms with van der Waals surface area (Å²) in [6.07, 6.45) is -4.42. The number of alkyl halides is 3. The minimum atomic E-state index is -4.42. The van der Waals surface area contributed by atoms with Gasteiger partial charge in [-0.1, -0.05) is 48.0 Å². The molecule has 0 N–H and O–H groups in total. The lowest BCUT2D eigenvalue weighted by atomic mass is 9.87. The van der Waals surface area contributed by atoms with Gasteiger partial charge in [0.25, 0.3) is 5.91 Å². The van der Waals surface area contributed by atoms with Crippen LogP contribution in [-0.4, -0.2) is 41.4 Å². The van der Waals surface area contributed by atoms with Crippen LogP contribution in [0.25, 0.3) is 0 Å². The summed E-state index contributed by atoms with van der Waals surface area (Å²) >= 11 is 0. The number of benzene rings is 3. The molecule has 0 saturated carbocycles. The Hall–Kier alpha value is -3.19. The van der Waals surface area contributed by atoms with Crippen LogP contribution in [0.5, 0.6) is 0 Å². The average Bonchev–Trinajstić information content (AvgIpc) is 3.24. The molecule has 1 amide bonds. The molecule has 0 aliphatic carbocycles. The topological polar surface area (TPSA) is 23.6 Å². The number of carbonyl (C=O) groups is 1. The number of nitrogens with zero attached hydrogens (tertiary/aromatic N) is 2. The third-order valence-electron chi connectivity index (χ3n) is 7.05. The van der Waals surface area contributed by atoms with Gasteiger partial charge in [0.05, 0.1) is 5.56 Å². The molecule has 1 saturated heterocycles. The normalized spacial score (nSPS) is 18.4. The molecule has 7 heteroatoms. The number of likely N-dealkylation sites (tertiary alicyclic amines) is 1. The van der Waals surface area contributed by atoms with Crippen LogP contribution in [-0.2, 0) is 12.7 Å². The van der Waals surface area contributed by atoms with Crippen LogP contribution in [0.15, 0.2) is 72.8 Å². The molecule has 1 aliphatic rings. The first kappa shape index (κ1) is 26.9. The maximum absolute atomic E-state index is 13.5. The second-order valence-corrected chi connectivity index (χ2v) is 10.2. The smallest absolute Gasteiger partial charge is 0.336 e. The van der Waals surface area contributed by atoms with Gasteiger partial charge >= 0.3 is 6.18 Å². The Balaban J connectivity index is 1.63. The number of carbonyl (C=O) groups excluding carboxylic acids is 1. The SMILES string of the molecule is Cc1cccc(CN2C[C@H](CN(C(=O)c3ccc(F)cc3)C(C)C)[C@H](c3cccc(C(F)(F)F)c3)C2)c1. The molecular weight excluding hydrogens is 480 g/mol. The predicted octanol–water partition coefficient (Wildman–Crippen LogP) is 6.92. The van der Waals surface area contributed by atoms with Gasteiger partial charge in [-0.15, -0.1) is 0 Å². The van der Waals surface area contributed by atoms with Gasteiger partial charge in [-0.05, 0) is 68.1 Å². The zero-order valence-electron chi connectivity index (χ0n) is 21.3. The molecule has 3 nitrogen and oxygen atoms in total. The van der Waals surface area contributed by atoms with Gasteiger partial charge in [0.1, 0.15) is 5.82 Å². The van der Waals surface area contributed by atoms with E-state index >= 15 is 0 Å².